The zero-order valence-corrected chi connectivity index (χ0v) is 6.15. The van der Waals surface area contributed by atoms with E-state index in [2.05, 4.69) is 12.8 Å². The lowest BCUT2D eigenvalue weighted by Crippen LogP contribution is -0.856. The van der Waals surface area contributed by atoms with Crippen molar-refractivity contribution in [2.75, 3.05) is 0 Å². The van der Waals surface area contributed by atoms with Crippen LogP contribution in [0, 0.1) is 25.6 Å². The molecule has 0 spiro atoms. The number of terminal acetylenes is 2. The van der Waals surface area contributed by atoms with Crippen molar-refractivity contribution in [1.82, 2.24) is 0 Å². The van der Waals surface area contributed by atoms with Gasteiger partial charge < -0.3 is 0 Å². The van der Waals surface area contributed by atoms with E-state index in [-0.39, 0.29) is 7.43 Å². The van der Waals surface area contributed by atoms with Gasteiger partial charge in [0.15, 0.2) is 0 Å². The molecule has 0 saturated heterocycles. The van der Waals surface area contributed by atoms with Gasteiger partial charge in [-0.3, -0.25) is 0 Å². The first kappa shape index (κ1) is 15.7. The van der Waals surface area contributed by atoms with Gasteiger partial charge in [0.25, 0.3) is 0 Å². The van der Waals surface area contributed by atoms with Crippen molar-refractivity contribution in [3.63, 3.8) is 0 Å². The van der Waals surface area contributed by atoms with Crippen LogP contribution < -0.4 is 0 Å². The van der Waals surface area contributed by atoms with E-state index in [1.54, 1.807) is 0 Å². The molecule has 0 heteroatoms. The fourth-order valence-electron chi connectivity index (χ4n) is 0. The number of hydrogen-bond acceptors (Lipinski definition) is 0. The molecule has 0 saturated carbocycles. The van der Waals surface area contributed by atoms with Gasteiger partial charge in [-0.1, -0.05) is 35.1 Å². The van der Waals surface area contributed by atoms with E-state index in [0.717, 1.165) is 0 Å². The quantitative estimate of drug-likeness (QED) is 0.444. The fraction of sp³-hybridized carbons (Fsp3) is 0.556. The Morgan fingerprint density at radius 2 is 0.889 bits per heavy atom. The molecular formula is C9H20. The van der Waals surface area contributed by atoms with Crippen LogP contribution in [0.4, 0.5) is 0 Å². The summed E-state index contributed by atoms with van der Waals surface area (Å²) in [6, 6.07) is 0. The van der Waals surface area contributed by atoms with E-state index >= 15 is 0 Å². The molecule has 0 aromatic carbocycles. The molecule has 56 valence electrons. The second-order valence-electron chi connectivity index (χ2n) is 0. The van der Waals surface area contributed by atoms with Crippen LogP contribution in [0.5, 0.6) is 0 Å². The molecule has 0 aliphatic heterocycles. The third kappa shape index (κ3) is 241. The van der Waals surface area contributed by atoms with Crippen LogP contribution in [0.3, 0.4) is 0 Å². The summed E-state index contributed by atoms with van der Waals surface area (Å²) in [6.07, 6.45) is 11.5. The predicted octanol–water partition coefficient (Wildman–Crippen LogP) is 3.19. The summed E-state index contributed by atoms with van der Waals surface area (Å²) < 4.78 is 11.5. The molecule has 0 unspecified atom stereocenters. The van der Waals surface area contributed by atoms with Crippen molar-refractivity contribution in [2.45, 2.75) is 35.1 Å². The maximum atomic E-state index is 5.74. The average Bonchev–Trinajstić information content (AvgIpc) is 1.99. The standard InChI is InChI=1S/2C2H6.2C2H2.CH4/c4*1-2;/h2*1-2H3;2*1-2H;1H4/i;;2*1T;. The van der Waals surface area contributed by atoms with Crippen LogP contribution in [0.15, 0.2) is 0 Å². The molecule has 0 bridgehead atoms. The third-order valence-electron chi connectivity index (χ3n) is 0. The Labute approximate surface area is 64.5 Å². The first-order valence-electron chi connectivity index (χ1n) is 3.58. The molecule has 0 aliphatic rings. The first-order valence-corrected chi connectivity index (χ1v) is 2.58. The largest absolute Gasteiger partial charge is 0.124 e. The highest BCUT2D eigenvalue weighted by atomic mass is 13.0. The summed E-state index contributed by atoms with van der Waals surface area (Å²) in [7, 11) is 0. The number of hydrogen-bond donors (Lipinski definition) is 0. The molecule has 0 amide bonds. The van der Waals surface area contributed by atoms with Crippen LogP contribution in [-0.4, -0.2) is 0 Å². The van der Waals surface area contributed by atoms with Gasteiger partial charge >= 0.3 is 0 Å². The Morgan fingerprint density at radius 1 is 0.889 bits per heavy atom. The van der Waals surface area contributed by atoms with Gasteiger partial charge in [-0.05, 0) is 0 Å². The van der Waals surface area contributed by atoms with E-state index < -0.39 is 0 Å². The molecule has 9 heavy (non-hydrogen) atoms. The molecule has 0 nitrogen and oxygen atoms in total. The first-order chi connectivity index (χ1) is 4.83. The summed E-state index contributed by atoms with van der Waals surface area (Å²) in [4.78, 5) is 0. The maximum absolute atomic E-state index is 5.74. The summed E-state index contributed by atoms with van der Waals surface area (Å²) in [6.45, 7) is 8.00. The van der Waals surface area contributed by atoms with E-state index in [9.17, 15) is 0 Å². The maximum Gasteiger partial charge on any atom is 0.124 e. The Morgan fingerprint density at radius 3 is 0.889 bits per heavy atom. The molecule has 0 radical (unpaired) electrons. The van der Waals surface area contributed by atoms with Gasteiger partial charge in [0.2, 0.25) is 0 Å². The van der Waals surface area contributed by atoms with Gasteiger partial charge in [0, 0.05) is 0 Å². The minimum atomic E-state index is 0. The van der Waals surface area contributed by atoms with Crippen LogP contribution in [0.2, 0.25) is 0 Å². The van der Waals surface area contributed by atoms with Gasteiger partial charge in [-0.15, -0.1) is 25.6 Å². The van der Waals surface area contributed by atoms with Crippen molar-refractivity contribution in [1.29, 1.82) is 0 Å². The van der Waals surface area contributed by atoms with Crippen LogP contribution in [0.1, 0.15) is 37.9 Å². The zero-order valence-electron chi connectivity index (χ0n) is 8.15. The highest BCUT2D eigenvalue weighted by Gasteiger charge is 0.934. The van der Waals surface area contributed by atoms with Crippen LogP contribution in [-0.2, 0) is 0 Å². The molecule has 0 aromatic rings. The monoisotopic (exact) mass is 132 g/mol. The second kappa shape index (κ2) is 344. The lowest BCUT2D eigenvalue weighted by atomic mass is 11.0. The molecule has 0 aliphatic carbocycles. The van der Waals surface area contributed by atoms with E-state index in [1.807, 2.05) is 27.7 Å². The summed E-state index contributed by atoms with van der Waals surface area (Å²) in [5.74, 6) is 0. The lowest BCUT2D eigenvalue weighted by molar-refractivity contribution is 1.50. The van der Waals surface area contributed by atoms with Gasteiger partial charge in [-0.25, -0.2) is 0 Å². The SMILES string of the molecule is C.CC.CC.[3H]C#C.[3H]C#C. The topological polar surface area (TPSA) is 0 Å². The lowest BCUT2D eigenvalue weighted by Gasteiger charge is -1.07. The Balaban J connectivity index is -0.0000000144. The number of rotatable bonds is 0. The van der Waals surface area contributed by atoms with E-state index in [1.165, 1.54) is 12.8 Å². The smallest absolute Gasteiger partial charge is 0.124 e. The van der Waals surface area contributed by atoms with Crippen molar-refractivity contribution >= 4 is 0 Å². The van der Waals surface area contributed by atoms with Crippen molar-refractivity contribution in [2.24, 2.45) is 0 Å². The normalized spacial score (nSPS) is 3.33. The molecule has 0 N–H and O–H groups in total. The second-order valence-corrected chi connectivity index (χ2v) is 0. The molecule has 0 fully saturated rings. The van der Waals surface area contributed by atoms with Crippen molar-refractivity contribution in [3.05, 3.63) is 0 Å². The van der Waals surface area contributed by atoms with Gasteiger partial charge in [0.05, 0.1) is 0 Å². The molecule has 0 atom stereocenters. The van der Waals surface area contributed by atoms with Crippen molar-refractivity contribution < 1.29 is 2.74 Å². The summed E-state index contributed by atoms with van der Waals surface area (Å²) in [5, 5.41) is 0. The van der Waals surface area contributed by atoms with E-state index in [0.29, 0.717) is 0 Å². The minimum absolute atomic E-state index is 0. The molecule has 0 heterocycles. The van der Waals surface area contributed by atoms with Crippen molar-refractivity contribution in [3.8, 4) is 25.6 Å². The Bertz CT molecular complexity index is 62.5. The Kier molecular flexibility index (Phi) is 601. The fourth-order valence-corrected chi connectivity index (χ4v) is 0. The minimum Gasteiger partial charge on any atom is -0.124 e. The molecule has 0 aromatic heterocycles. The third-order valence-corrected chi connectivity index (χ3v) is 0. The van der Waals surface area contributed by atoms with Crippen LogP contribution in [0.25, 0.3) is 0 Å². The molecule has 0 rings (SSSR count). The summed E-state index contributed by atoms with van der Waals surface area (Å²) in [5.41, 5.74) is 0. The zero-order chi connectivity index (χ0) is 9.41. The molecular weight excluding hydrogens is 108 g/mol. The average molecular weight is 132 g/mol. The highest BCUT2D eigenvalue weighted by Crippen LogP contribution is 1.15. The Hall–Kier alpha value is -0.880. The highest BCUT2D eigenvalue weighted by molar-refractivity contribution is 4.47. The van der Waals surface area contributed by atoms with Gasteiger partial charge in [-0.2, -0.15) is 0 Å². The van der Waals surface area contributed by atoms with Crippen LogP contribution >= 0.6 is 0 Å². The summed E-state index contributed by atoms with van der Waals surface area (Å²) >= 11 is 0. The predicted molar refractivity (Wildman–Crippen MR) is 49.2 cm³/mol. The van der Waals surface area contributed by atoms with Gasteiger partial charge in [0.1, 0.15) is 2.74 Å². The van der Waals surface area contributed by atoms with E-state index in [4.69, 9.17) is 2.74 Å².